The molecule has 0 saturated heterocycles. The summed E-state index contributed by atoms with van der Waals surface area (Å²) in [7, 11) is 0. The van der Waals surface area contributed by atoms with E-state index in [2.05, 4.69) is 22.4 Å². The van der Waals surface area contributed by atoms with Crippen LogP contribution in [0.3, 0.4) is 0 Å². The molecular weight excluding hydrogens is 182 g/mol. The van der Waals surface area contributed by atoms with E-state index in [1.807, 2.05) is 6.26 Å². The Kier molecular flexibility index (Phi) is 6.12. The number of isothiocyanates is 1. The molecule has 5 heteroatoms. The van der Waals surface area contributed by atoms with Crippen molar-refractivity contribution >= 4 is 35.1 Å². The molecule has 1 unspecified atom stereocenters. The van der Waals surface area contributed by atoms with Gasteiger partial charge < -0.3 is 5.11 Å². The van der Waals surface area contributed by atoms with Crippen LogP contribution in [0, 0.1) is 0 Å². The lowest BCUT2D eigenvalue weighted by atomic mass is 10.2. The summed E-state index contributed by atoms with van der Waals surface area (Å²) in [6, 6.07) is -0.708. The van der Waals surface area contributed by atoms with Gasteiger partial charge in [0.15, 0.2) is 6.04 Å². The van der Waals surface area contributed by atoms with E-state index < -0.39 is 12.0 Å². The van der Waals surface area contributed by atoms with Gasteiger partial charge in [-0.05, 0) is 30.6 Å². The molecule has 0 fully saturated rings. The highest BCUT2D eigenvalue weighted by atomic mass is 32.2. The van der Waals surface area contributed by atoms with E-state index in [1.54, 1.807) is 11.8 Å². The Bertz CT molecular complexity index is 175. The molecule has 0 aromatic heterocycles. The molecule has 1 N–H and O–H groups in total. The van der Waals surface area contributed by atoms with Gasteiger partial charge in [-0.25, -0.2) is 9.79 Å². The highest BCUT2D eigenvalue weighted by Crippen LogP contribution is 2.03. The Labute approximate surface area is 74.9 Å². The molecule has 0 aromatic rings. The minimum atomic E-state index is -0.934. The molecule has 0 aliphatic heterocycles. The van der Waals surface area contributed by atoms with Gasteiger partial charge in [0.2, 0.25) is 0 Å². The molecule has 0 spiro atoms. The SMILES string of the molecule is CSCCC(N=C=S)C(=O)O. The van der Waals surface area contributed by atoms with Crippen LogP contribution in [0.4, 0.5) is 0 Å². The van der Waals surface area contributed by atoms with E-state index >= 15 is 0 Å². The molecule has 0 bridgehead atoms. The van der Waals surface area contributed by atoms with Gasteiger partial charge in [-0.3, -0.25) is 0 Å². The number of carbonyl (C=O) groups is 1. The first-order valence-electron chi connectivity index (χ1n) is 3.01. The zero-order valence-corrected chi connectivity index (χ0v) is 7.74. The number of carboxylic acid groups (broad SMARTS) is 1. The summed E-state index contributed by atoms with van der Waals surface area (Å²) in [5.41, 5.74) is 0. The number of aliphatic imine (C=N–C) groups is 1. The predicted octanol–water partition coefficient (Wildman–Crippen LogP) is 1.30. The van der Waals surface area contributed by atoms with Crippen molar-refractivity contribution in [3.63, 3.8) is 0 Å². The van der Waals surface area contributed by atoms with Crippen LogP contribution < -0.4 is 0 Å². The Morgan fingerprint density at radius 1 is 1.91 bits per heavy atom. The quantitative estimate of drug-likeness (QED) is 0.525. The zero-order chi connectivity index (χ0) is 8.69. The lowest BCUT2D eigenvalue weighted by molar-refractivity contribution is -0.138. The third kappa shape index (κ3) is 4.95. The first-order valence-corrected chi connectivity index (χ1v) is 4.81. The second-order valence-corrected chi connectivity index (χ2v) is 3.02. The number of hydrogen-bond acceptors (Lipinski definition) is 4. The van der Waals surface area contributed by atoms with Crippen LogP contribution in [0.25, 0.3) is 0 Å². The van der Waals surface area contributed by atoms with Crippen molar-refractivity contribution in [2.75, 3.05) is 12.0 Å². The van der Waals surface area contributed by atoms with Gasteiger partial charge in [-0.2, -0.15) is 11.8 Å². The van der Waals surface area contributed by atoms with Gasteiger partial charge in [0, 0.05) is 0 Å². The molecule has 1 atom stereocenters. The summed E-state index contributed by atoms with van der Waals surface area (Å²) in [5, 5.41) is 10.6. The summed E-state index contributed by atoms with van der Waals surface area (Å²) >= 11 is 5.90. The van der Waals surface area contributed by atoms with Crippen LogP contribution >= 0.6 is 24.0 Å². The predicted molar refractivity (Wildman–Crippen MR) is 49.4 cm³/mol. The summed E-state index contributed by atoms with van der Waals surface area (Å²) in [5.74, 6) is -0.159. The number of hydrogen-bond donors (Lipinski definition) is 1. The van der Waals surface area contributed by atoms with Crippen LogP contribution in [0.2, 0.25) is 0 Å². The van der Waals surface area contributed by atoms with Gasteiger partial charge in [0.05, 0.1) is 5.16 Å². The van der Waals surface area contributed by atoms with E-state index in [0.717, 1.165) is 5.75 Å². The third-order valence-electron chi connectivity index (χ3n) is 1.09. The smallest absolute Gasteiger partial charge is 0.329 e. The molecule has 0 aliphatic carbocycles. The lowest BCUT2D eigenvalue weighted by Crippen LogP contribution is -2.18. The minimum Gasteiger partial charge on any atom is -0.480 e. The maximum atomic E-state index is 10.4. The molecule has 62 valence electrons. The van der Waals surface area contributed by atoms with Gasteiger partial charge in [0.25, 0.3) is 0 Å². The molecule has 0 amide bonds. The van der Waals surface area contributed by atoms with E-state index in [0.29, 0.717) is 6.42 Å². The maximum absolute atomic E-state index is 10.4. The lowest BCUT2D eigenvalue weighted by Gasteiger charge is -2.02. The van der Waals surface area contributed by atoms with Crippen molar-refractivity contribution in [2.24, 2.45) is 4.99 Å². The van der Waals surface area contributed by atoms with Crippen LogP contribution in [0.15, 0.2) is 4.99 Å². The van der Waals surface area contributed by atoms with Gasteiger partial charge in [-0.15, -0.1) is 0 Å². The first-order chi connectivity index (χ1) is 5.22. The number of thiocarbonyl (C=S) groups is 1. The molecule has 0 saturated carbocycles. The van der Waals surface area contributed by atoms with Gasteiger partial charge in [0.1, 0.15) is 0 Å². The number of aliphatic carboxylic acids is 1. The number of nitrogens with zero attached hydrogens (tertiary/aromatic N) is 1. The van der Waals surface area contributed by atoms with Crippen molar-refractivity contribution in [3.05, 3.63) is 0 Å². The largest absolute Gasteiger partial charge is 0.480 e. The number of rotatable bonds is 5. The Hall–Kier alpha value is -0.380. The maximum Gasteiger partial charge on any atom is 0.329 e. The Morgan fingerprint density at radius 3 is 2.91 bits per heavy atom. The number of carboxylic acids is 1. The molecule has 0 heterocycles. The highest BCUT2D eigenvalue weighted by Gasteiger charge is 2.13. The topological polar surface area (TPSA) is 49.7 Å². The van der Waals surface area contributed by atoms with Crippen LogP contribution in [0.5, 0.6) is 0 Å². The van der Waals surface area contributed by atoms with Crippen LogP contribution in [-0.4, -0.2) is 34.3 Å². The summed E-state index contributed by atoms with van der Waals surface area (Å²) in [4.78, 5) is 13.9. The Morgan fingerprint density at radius 2 is 2.55 bits per heavy atom. The molecule has 0 aliphatic rings. The molecule has 0 radical (unpaired) electrons. The fourth-order valence-electron chi connectivity index (χ4n) is 0.536. The van der Waals surface area contributed by atoms with E-state index in [-0.39, 0.29) is 0 Å². The molecule has 11 heavy (non-hydrogen) atoms. The first kappa shape index (κ1) is 10.6. The summed E-state index contributed by atoms with van der Waals surface area (Å²) < 4.78 is 0. The zero-order valence-electron chi connectivity index (χ0n) is 6.11. The monoisotopic (exact) mass is 191 g/mol. The second-order valence-electron chi connectivity index (χ2n) is 1.86. The van der Waals surface area contributed by atoms with E-state index in [9.17, 15) is 4.79 Å². The molecule has 0 aromatic carbocycles. The fourth-order valence-corrected chi connectivity index (χ4v) is 1.12. The standard InChI is InChI=1S/C6H9NO2S2/c1-11-3-2-5(6(8)9)7-4-10/h5H,2-3H2,1H3,(H,8,9). The van der Waals surface area contributed by atoms with Crippen molar-refractivity contribution in [2.45, 2.75) is 12.5 Å². The van der Waals surface area contributed by atoms with E-state index in [1.165, 1.54) is 0 Å². The summed E-state index contributed by atoms with van der Waals surface area (Å²) in [6.45, 7) is 0. The van der Waals surface area contributed by atoms with Crippen molar-refractivity contribution in [3.8, 4) is 0 Å². The van der Waals surface area contributed by atoms with Gasteiger partial charge >= 0.3 is 5.97 Å². The highest BCUT2D eigenvalue weighted by molar-refractivity contribution is 7.98. The normalized spacial score (nSPS) is 11.7. The number of thioether (sulfide) groups is 1. The average Bonchev–Trinajstić information content (AvgIpc) is 1.97. The third-order valence-corrected chi connectivity index (χ3v) is 1.84. The fraction of sp³-hybridized carbons (Fsp3) is 0.667. The molecule has 3 nitrogen and oxygen atoms in total. The van der Waals surface area contributed by atoms with E-state index in [4.69, 9.17) is 5.11 Å². The molecule has 0 rings (SSSR count). The van der Waals surface area contributed by atoms with Crippen molar-refractivity contribution in [1.82, 2.24) is 0 Å². The van der Waals surface area contributed by atoms with Crippen molar-refractivity contribution < 1.29 is 9.90 Å². The second kappa shape index (κ2) is 6.34. The van der Waals surface area contributed by atoms with Crippen molar-refractivity contribution in [1.29, 1.82) is 0 Å². The van der Waals surface area contributed by atoms with Gasteiger partial charge in [-0.1, -0.05) is 0 Å². The average molecular weight is 191 g/mol. The Balaban J connectivity index is 3.89. The van der Waals surface area contributed by atoms with Crippen LogP contribution in [-0.2, 0) is 4.79 Å². The van der Waals surface area contributed by atoms with Crippen LogP contribution in [0.1, 0.15) is 6.42 Å². The minimum absolute atomic E-state index is 0.514. The molecular formula is C6H9NO2S2. The summed E-state index contributed by atoms with van der Waals surface area (Å²) in [6.07, 6.45) is 2.43.